The molecule has 1 aromatic rings. The Hall–Kier alpha value is -0.790. The van der Waals surface area contributed by atoms with Crippen molar-refractivity contribution in [1.29, 1.82) is 0 Å². The molecule has 134 valence electrons. The van der Waals surface area contributed by atoms with Crippen LogP contribution in [0.1, 0.15) is 110 Å². The van der Waals surface area contributed by atoms with Crippen LogP contribution in [0.3, 0.4) is 0 Å². The molecule has 0 saturated heterocycles. The lowest BCUT2D eigenvalue weighted by Gasteiger charge is -2.08. The maximum absolute atomic E-state index is 2.53. The van der Waals surface area contributed by atoms with Crippen molar-refractivity contribution in [3.63, 3.8) is 0 Å². The molecular weight excluding hydrogens is 280 g/mol. The largest absolute Gasteiger partial charge is 0.256 e. The second-order valence-corrected chi connectivity index (χ2v) is 7.34. The summed E-state index contributed by atoms with van der Waals surface area (Å²) in [6, 6.07) is 0.575. The highest BCUT2D eigenvalue weighted by atomic mass is 15.2. The lowest BCUT2D eigenvalue weighted by atomic mass is 10.1. The second kappa shape index (κ2) is 12.6. The second-order valence-electron chi connectivity index (χ2n) is 7.34. The molecule has 0 aliphatic heterocycles. The monoisotopic (exact) mass is 321 g/mol. The van der Waals surface area contributed by atoms with E-state index in [2.05, 4.69) is 49.2 Å². The number of hydrogen-bond donors (Lipinski definition) is 0. The molecule has 2 heteroatoms. The summed E-state index contributed by atoms with van der Waals surface area (Å²) >= 11 is 0. The maximum Gasteiger partial charge on any atom is 0.256 e. The molecule has 0 amide bonds. The van der Waals surface area contributed by atoms with Crippen LogP contribution >= 0.6 is 0 Å². The predicted molar refractivity (Wildman–Crippen MR) is 101 cm³/mol. The number of aromatic nitrogens is 2. The summed E-state index contributed by atoms with van der Waals surface area (Å²) < 4.78 is 5.01. The summed E-state index contributed by atoms with van der Waals surface area (Å²) in [5, 5.41) is 0. The number of imidazole rings is 1. The van der Waals surface area contributed by atoms with E-state index in [0.29, 0.717) is 6.04 Å². The number of nitrogens with zero attached hydrogens (tertiary/aromatic N) is 2. The molecule has 0 spiro atoms. The van der Waals surface area contributed by atoms with Gasteiger partial charge in [-0.15, -0.1) is 0 Å². The van der Waals surface area contributed by atoms with Crippen LogP contribution in [0.2, 0.25) is 0 Å². The van der Waals surface area contributed by atoms with Crippen LogP contribution in [0.4, 0.5) is 0 Å². The van der Waals surface area contributed by atoms with Crippen molar-refractivity contribution in [2.45, 2.75) is 117 Å². The van der Waals surface area contributed by atoms with Gasteiger partial charge in [0.2, 0.25) is 0 Å². The molecular formula is C21H41N2+. The van der Waals surface area contributed by atoms with E-state index in [9.17, 15) is 0 Å². The van der Waals surface area contributed by atoms with Crippen LogP contribution in [0, 0.1) is 0 Å². The molecule has 0 aliphatic rings. The number of unbranched alkanes of at least 4 members (excludes halogenated alkanes) is 9. The van der Waals surface area contributed by atoms with Crippen molar-refractivity contribution in [2.75, 3.05) is 0 Å². The Labute approximate surface area is 145 Å². The van der Waals surface area contributed by atoms with E-state index < -0.39 is 0 Å². The van der Waals surface area contributed by atoms with Crippen LogP contribution in [-0.4, -0.2) is 4.57 Å². The third-order valence-electron chi connectivity index (χ3n) is 4.85. The average molecular weight is 322 g/mol. The smallest absolute Gasteiger partial charge is 0.234 e. The van der Waals surface area contributed by atoms with E-state index in [1.165, 1.54) is 83.6 Å². The van der Waals surface area contributed by atoms with Crippen molar-refractivity contribution in [2.24, 2.45) is 0 Å². The Morgan fingerprint density at radius 2 is 1.39 bits per heavy atom. The van der Waals surface area contributed by atoms with Gasteiger partial charge < -0.3 is 0 Å². The zero-order valence-corrected chi connectivity index (χ0v) is 16.3. The van der Waals surface area contributed by atoms with Crippen LogP contribution < -0.4 is 4.57 Å². The van der Waals surface area contributed by atoms with Gasteiger partial charge in [-0.1, -0.05) is 65.2 Å². The first-order valence-corrected chi connectivity index (χ1v) is 10.3. The highest BCUT2D eigenvalue weighted by Crippen LogP contribution is 2.12. The Balaban J connectivity index is 2.40. The maximum atomic E-state index is 2.53. The van der Waals surface area contributed by atoms with E-state index in [-0.39, 0.29) is 0 Å². The van der Waals surface area contributed by atoms with Gasteiger partial charge in [0.25, 0.3) is 5.82 Å². The van der Waals surface area contributed by atoms with Crippen molar-refractivity contribution >= 4 is 0 Å². The molecule has 0 N–H and O–H groups in total. The number of hydrogen-bond acceptors (Lipinski definition) is 0. The fourth-order valence-corrected chi connectivity index (χ4v) is 3.37. The number of rotatable bonds is 14. The minimum atomic E-state index is 0.575. The van der Waals surface area contributed by atoms with Gasteiger partial charge in [-0.05, 0) is 33.1 Å². The molecule has 0 aromatic carbocycles. The van der Waals surface area contributed by atoms with E-state index >= 15 is 0 Å². The summed E-state index contributed by atoms with van der Waals surface area (Å²) in [7, 11) is 0. The van der Waals surface area contributed by atoms with E-state index in [1.807, 2.05) is 0 Å². The Morgan fingerprint density at radius 1 is 0.826 bits per heavy atom. The van der Waals surface area contributed by atoms with Gasteiger partial charge in [0.1, 0.15) is 12.4 Å². The molecule has 0 fully saturated rings. The Morgan fingerprint density at radius 3 is 2.00 bits per heavy atom. The highest BCUT2D eigenvalue weighted by molar-refractivity contribution is 4.86. The molecule has 0 radical (unpaired) electrons. The molecule has 1 heterocycles. The zero-order chi connectivity index (χ0) is 16.9. The average Bonchev–Trinajstić information content (AvgIpc) is 2.94. The van der Waals surface area contributed by atoms with Gasteiger partial charge in [0, 0.05) is 6.42 Å². The topological polar surface area (TPSA) is 8.81 Å². The first-order valence-electron chi connectivity index (χ1n) is 10.3. The summed E-state index contributed by atoms with van der Waals surface area (Å²) in [4.78, 5) is 0. The minimum absolute atomic E-state index is 0.575. The van der Waals surface area contributed by atoms with E-state index in [1.54, 1.807) is 5.82 Å². The summed E-state index contributed by atoms with van der Waals surface area (Å²) in [5.41, 5.74) is 0. The SMILES string of the molecule is CCCCCCCCC[n+]1ccn(C(C)C)c1CCCCCC. The fraction of sp³-hybridized carbons (Fsp3) is 0.857. The van der Waals surface area contributed by atoms with Crippen molar-refractivity contribution in [1.82, 2.24) is 4.57 Å². The summed E-state index contributed by atoms with van der Waals surface area (Å²) in [6.45, 7) is 10.4. The molecule has 0 bridgehead atoms. The first kappa shape index (κ1) is 20.3. The molecule has 0 aliphatic carbocycles. The molecule has 1 aromatic heterocycles. The van der Waals surface area contributed by atoms with Crippen LogP contribution in [0.25, 0.3) is 0 Å². The Kier molecular flexibility index (Phi) is 11.1. The van der Waals surface area contributed by atoms with Crippen molar-refractivity contribution in [3.05, 3.63) is 18.2 Å². The van der Waals surface area contributed by atoms with Gasteiger partial charge >= 0.3 is 0 Å². The van der Waals surface area contributed by atoms with Crippen molar-refractivity contribution in [3.8, 4) is 0 Å². The minimum Gasteiger partial charge on any atom is -0.234 e. The van der Waals surface area contributed by atoms with Crippen LogP contribution in [0.15, 0.2) is 12.4 Å². The molecule has 0 saturated carbocycles. The van der Waals surface area contributed by atoms with Crippen molar-refractivity contribution < 1.29 is 4.57 Å². The molecule has 23 heavy (non-hydrogen) atoms. The van der Waals surface area contributed by atoms with Crippen LogP contribution in [0.5, 0.6) is 0 Å². The molecule has 0 atom stereocenters. The third kappa shape index (κ3) is 8.04. The zero-order valence-electron chi connectivity index (χ0n) is 16.3. The van der Waals surface area contributed by atoms with Gasteiger partial charge in [-0.2, -0.15) is 0 Å². The number of aryl methyl sites for hydroxylation is 1. The molecule has 0 unspecified atom stereocenters. The summed E-state index contributed by atoms with van der Waals surface area (Å²) in [6.07, 6.45) is 21.0. The quantitative estimate of drug-likeness (QED) is 0.284. The lowest BCUT2D eigenvalue weighted by molar-refractivity contribution is -0.704. The molecule has 1 rings (SSSR count). The van der Waals surface area contributed by atoms with Gasteiger partial charge in [0.15, 0.2) is 0 Å². The Bertz CT molecular complexity index is 393. The van der Waals surface area contributed by atoms with Gasteiger partial charge in [-0.25, -0.2) is 9.13 Å². The van der Waals surface area contributed by atoms with Gasteiger partial charge in [0.05, 0.1) is 12.6 Å². The van der Waals surface area contributed by atoms with E-state index in [0.717, 1.165) is 0 Å². The van der Waals surface area contributed by atoms with Gasteiger partial charge in [-0.3, -0.25) is 0 Å². The first-order chi connectivity index (χ1) is 11.2. The molecule has 2 nitrogen and oxygen atoms in total. The summed E-state index contributed by atoms with van der Waals surface area (Å²) in [5.74, 6) is 1.54. The van der Waals surface area contributed by atoms with E-state index in [4.69, 9.17) is 0 Å². The third-order valence-corrected chi connectivity index (χ3v) is 4.85. The normalized spacial score (nSPS) is 11.5. The highest BCUT2D eigenvalue weighted by Gasteiger charge is 2.18. The standard InChI is InChI=1S/C21H41N2/c1-5-7-9-11-12-13-15-17-22-18-19-23(20(3)4)21(22)16-14-10-8-6-2/h18-20H,5-17H2,1-4H3/q+1. The predicted octanol–water partition coefficient (Wildman–Crippen LogP) is 6.23. The lowest BCUT2D eigenvalue weighted by Crippen LogP contribution is -2.37. The fourth-order valence-electron chi connectivity index (χ4n) is 3.37. The van der Waals surface area contributed by atoms with Crippen LogP contribution in [-0.2, 0) is 13.0 Å².